The van der Waals surface area contributed by atoms with Crippen molar-refractivity contribution in [3.63, 3.8) is 0 Å². The van der Waals surface area contributed by atoms with Gasteiger partial charge in [0, 0.05) is 29.6 Å². The van der Waals surface area contributed by atoms with Crippen LogP contribution >= 0.6 is 15.9 Å². The van der Waals surface area contributed by atoms with E-state index in [0.29, 0.717) is 5.92 Å². The number of ether oxygens (including phenoxy) is 1. The molecule has 0 aliphatic carbocycles. The summed E-state index contributed by atoms with van der Waals surface area (Å²) < 4.78 is 6.73. The van der Waals surface area contributed by atoms with E-state index >= 15 is 0 Å². The fraction of sp³-hybridized carbons (Fsp3) is 0.625. The first kappa shape index (κ1) is 15.0. The van der Waals surface area contributed by atoms with Gasteiger partial charge in [-0.25, -0.2) is 0 Å². The molecule has 0 radical (unpaired) electrons. The first-order chi connectivity index (χ1) is 9.12. The van der Waals surface area contributed by atoms with Gasteiger partial charge in [-0.3, -0.25) is 0 Å². The minimum Gasteiger partial charge on any atom is -0.381 e. The summed E-state index contributed by atoms with van der Waals surface area (Å²) in [6.45, 7) is 8.37. The molecule has 1 aliphatic heterocycles. The van der Waals surface area contributed by atoms with Gasteiger partial charge in [0.1, 0.15) is 0 Å². The van der Waals surface area contributed by atoms with Crippen molar-refractivity contribution >= 4 is 15.9 Å². The van der Waals surface area contributed by atoms with E-state index in [4.69, 9.17) is 4.74 Å². The Bertz CT molecular complexity index is 399. The highest BCUT2D eigenvalue weighted by Gasteiger charge is 2.34. The number of rotatable bonds is 5. The van der Waals surface area contributed by atoms with Crippen molar-refractivity contribution < 1.29 is 4.74 Å². The minimum atomic E-state index is 0.233. The van der Waals surface area contributed by atoms with Gasteiger partial charge in [0.15, 0.2) is 0 Å². The van der Waals surface area contributed by atoms with Crippen molar-refractivity contribution in [3.8, 4) is 0 Å². The average molecular weight is 326 g/mol. The highest BCUT2D eigenvalue weighted by molar-refractivity contribution is 9.10. The number of hydrogen-bond acceptors (Lipinski definition) is 2. The van der Waals surface area contributed by atoms with E-state index in [0.717, 1.165) is 39.1 Å². The zero-order valence-electron chi connectivity index (χ0n) is 11.9. The Kier molecular flexibility index (Phi) is 5.43. The van der Waals surface area contributed by atoms with Gasteiger partial charge in [0.05, 0.1) is 0 Å². The second-order valence-electron chi connectivity index (χ2n) is 5.93. The maximum Gasteiger partial charge on any atom is 0.0475 e. The molecule has 0 saturated carbocycles. The van der Waals surface area contributed by atoms with E-state index in [-0.39, 0.29) is 5.41 Å². The third kappa shape index (κ3) is 4.04. The van der Waals surface area contributed by atoms with Crippen LogP contribution in [0, 0.1) is 5.92 Å². The van der Waals surface area contributed by atoms with Gasteiger partial charge in [-0.15, -0.1) is 0 Å². The molecular weight excluding hydrogens is 302 g/mol. The number of nitrogens with one attached hydrogen (secondary N) is 1. The van der Waals surface area contributed by atoms with Crippen LogP contribution in [0.15, 0.2) is 28.7 Å². The lowest BCUT2D eigenvalue weighted by Gasteiger charge is -2.38. The molecule has 0 unspecified atom stereocenters. The van der Waals surface area contributed by atoms with Gasteiger partial charge >= 0.3 is 0 Å². The lowest BCUT2D eigenvalue weighted by atomic mass is 9.74. The molecule has 3 heteroatoms. The summed E-state index contributed by atoms with van der Waals surface area (Å²) in [5.41, 5.74) is 1.66. The lowest BCUT2D eigenvalue weighted by molar-refractivity contribution is 0.0497. The predicted molar refractivity (Wildman–Crippen MR) is 83.6 cm³/mol. The Morgan fingerprint density at radius 1 is 1.32 bits per heavy atom. The van der Waals surface area contributed by atoms with Crippen LogP contribution in [-0.4, -0.2) is 26.3 Å². The summed E-state index contributed by atoms with van der Waals surface area (Å²) in [6, 6.07) is 8.76. The van der Waals surface area contributed by atoms with Crippen molar-refractivity contribution in [1.82, 2.24) is 5.32 Å². The lowest BCUT2D eigenvalue weighted by Crippen LogP contribution is -2.43. The number of benzene rings is 1. The van der Waals surface area contributed by atoms with E-state index in [1.54, 1.807) is 0 Å². The van der Waals surface area contributed by atoms with Crippen molar-refractivity contribution in [2.24, 2.45) is 5.92 Å². The van der Waals surface area contributed by atoms with Crippen LogP contribution in [0.5, 0.6) is 0 Å². The standard InChI is InChI=1S/C16H24BrNO/c1-13(2)11-18-12-16(6-8-19-9-7-16)14-4-3-5-15(17)10-14/h3-5,10,13,18H,6-9,11-12H2,1-2H3. The third-order valence-electron chi connectivity index (χ3n) is 3.90. The molecule has 0 atom stereocenters. The fourth-order valence-corrected chi connectivity index (χ4v) is 3.15. The summed E-state index contributed by atoms with van der Waals surface area (Å²) in [4.78, 5) is 0. The van der Waals surface area contributed by atoms with Gasteiger partial charge in [-0.05, 0) is 43.0 Å². The smallest absolute Gasteiger partial charge is 0.0475 e. The largest absolute Gasteiger partial charge is 0.381 e. The van der Waals surface area contributed by atoms with Gasteiger partial charge < -0.3 is 10.1 Å². The van der Waals surface area contributed by atoms with Crippen LogP contribution in [0.4, 0.5) is 0 Å². The van der Waals surface area contributed by atoms with Crippen LogP contribution in [0.2, 0.25) is 0 Å². The van der Waals surface area contributed by atoms with Crippen molar-refractivity contribution in [3.05, 3.63) is 34.3 Å². The van der Waals surface area contributed by atoms with Crippen LogP contribution < -0.4 is 5.32 Å². The van der Waals surface area contributed by atoms with E-state index in [9.17, 15) is 0 Å². The van der Waals surface area contributed by atoms with Gasteiger partial charge in [0.2, 0.25) is 0 Å². The normalized spacial score (nSPS) is 18.7. The molecular formula is C16H24BrNO. The molecule has 0 aromatic heterocycles. The van der Waals surface area contributed by atoms with Crippen molar-refractivity contribution in [2.75, 3.05) is 26.3 Å². The Balaban J connectivity index is 2.14. The van der Waals surface area contributed by atoms with Crippen LogP contribution in [0.25, 0.3) is 0 Å². The molecule has 1 N–H and O–H groups in total. The van der Waals surface area contributed by atoms with Crippen LogP contribution in [0.1, 0.15) is 32.3 Å². The summed E-state index contributed by atoms with van der Waals surface area (Å²) >= 11 is 3.59. The molecule has 0 amide bonds. The highest BCUT2D eigenvalue weighted by Crippen LogP contribution is 2.35. The maximum atomic E-state index is 5.56. The van der Waals surface area contributed by atoms with E-state index in [2.05, 4.69) is 59.4 Å². The molecule has 1 aromatic carbocycles. The van der Waals surface area contributed by atoms with Gasteiger partial charge in [-0.1, -0.05) is 41.9 Å². The third-order valence-corrected chi connectivity index (χ3v) is 4.40. The molecule has 0 bridgehead atoms. The molecule has 1 saturated heterocycles. The Morgan fingerprint density at radius 3 is 2.68 bits per heavy atom. The fourth-order valence-electron chi connectivity index (χ4n) is 2.75. The number of halogens is 1. The molecule has 19 heavy (non-hydrogen) atoms. The predicted octanol–water partition coefficient (Wildman–Crippen LogP) is 3.74. The highest BCUT2D eigenvalue weighted by atomic mass is 79.9. The van der Waals surface area contributed by atoms with Crippen molar-refractivity contribution in [2.45, 2.75) is 32.1 Å². The molecule has 1 aromatic rings. The minimum absolute atomic E-state index is 0.233. The molecule has 106 valence electrons. The average Bonchev–Trinajstić information content (AvgIpc) is 2.39. The van der Waals surface area contributed by atoms with Crippen LogP contribution in [-0.2, 0) is 10.2 Å². The summed E-state index contributed by atoms with van der Waals surface area (Å²) in [7, 11) is 0. The molecule has 1 fully saturated rings. The SMILES string of the molecule is CC(C)CNCC1(c2cccc(Br)c2)CCOCC1. The Morgan fingerprint density at radius 2 is 2.05 bits per heavy atom. The molecule has 1 aliphatic rings. The van der Waals surface area contributed by atoms with E-state index in [1.165, 1.54) is 10.0 Å². The second-order valence-corrected chi connectivity index (χ2v) is 6.84. The van der Waals surface area contributed by atoms with E-state index in [1.807, 2.05) is 0 Å². The maximum absolute atomic E-state index is 5.56. The zero-order chi connectivity index (χ0) is 13.7. The van der Waals surface area contributed by atoms with Crippen molar-refractivity contribution in [1.29, 1.82) is 0 Å². The molecule has 1 heterocycles. The monoisotopic (exact) mass is 325 g/mol. The number of hydrogen-bond donors (Lipinski definition) is 1. The van der Waals surface area contributed by atoms with Gasteiger partial charge in [0.25, 0.3) is 0 Å². The first-order valence-electron chi connectivity index (χ1n) is 7.17. The second kappa shape index (κ2) is 6.87. The topological polar surface area (TPSA) is 21.3 Å². The quantitative estimate of drug-likeness (QED) is 0.890. The summed E-state index contributed by atoms with van der Waals surface area (Å²) in [5.74, 6) is 0.694. The first-order valence-corrected chi connectivity index (χ1v) is 7.96. The molecule has 2 nitrogen and oxygen atoms in total. The Labute approximate surface area is 125 Å². The van der Waals surface area contributed by atoms with E-state index < -0.39 is 0 Å². The summed E-state index contributed by atoms with van der Waals surface area (Å²) in [5, 5.41) is 3.64. The molecule has 2 rings (SSSR count). The van der Waals surface area contributed by atoms with Gasteiger partial charge in [-0.2, -0.15) is 0 Å². The van der Waals surface area contributed by atoms with Crippen LogP contribution in [0.3, 0.4) is 0 Å². The zero-order valence-corrected chi connectivity index (χ0v) is 13.5. The summed E-state index contributed by atoms with van der Waals surface area (Å²) in [6.07, 6.45) is 2.21. The molecule has 0 spiro atoms. The Hall–Kier alpha value is -0.380.